The summed E-state index contributed by atoms with van der Waals surface area (Å²) in [6.45, 7) is 15.8. The Bertz CT molecular complexity index is 1460. The average Bonchev–Trinajstić information content (AvgIpc) is 3.42. The van der Waals surface area contributed by atoms with Gasteiger partial charge in [-0.1, -0.05) is 26.8 Å². The number of esters is 1. The van der Waals surface area contributed by atoms with Gasteiger partial charge in [0.2, 0.25) is 0 Å². The molecular formula is C42H73F2N5O9. The number of fused-ring (bicyclic) bond motifs is 1. The lowest BCUT2D eigenvalue weighted by molar-refractivity contribution is -0.290. The van der Waals surface area contributed by atoms with Crippen molar-refractivity contribution in [2.75, 3.05) is 33.3 Å². The van der Waals surface area contributed by atoms with E-state index in [-0.39, 0.29) is 19.4 Å². The third kappa shape index (κ3) is 10.9. The van der Waals surface area contributed by atoms with E-state index in [4.69, 9.17) is 35.2 Å². The van der Waals surface area contributed by atoms with Crippen molar-refractivity contribution in [3.8, 4) is 0 Å². The highest BCUT2D eigenvalue weighted by Gasteiger charge is 2.60. The molecule has 1 aliphatic carbocycles. The van der Waals surface area contributed by atoms with Crippen LogP contribution < -0.4 is 22.1 Å². The maximum Gasteiger partial charge on any atom is 0.410 e. The van der Waals surface area contributed by atoms with E-state index < -0.39 is 95.1 Å². The second-order valence-corrected chi connectivity index (χ2v) is 18.4. The summed E-state index contributed by atoms with van der Waals surface area (Å²) in [6.07, 6.45) is 0.451. The molecule has 3 fully saturated rings. The zero-order valence-corrected chi connectivity index (χ0v) is 36.5. The average molecular weight is 830 g/mol. The molecule has 0 aromatic heterocycles. The van der Waals surface area contributed by atoms with Crippen LogP contribution >= 0.6 is 0 Å². The third-order valence-corrected chi connectivity index (χ3v) is 13.1. The van der Waals surface area contributed by atoms with Crippen molar-refractivity contribution in [3.63, 3.8) is 0 Å². The summed E-state index contributed by atoms with van der Waals surface area (Å²) < 4.78 is 63.8. The molecule has 0 aromatic rings. The molecule has 0 radical (unpaired) electrons. The largest absolute Gasteiger partial charge is 0.455 e. The molecule has 14 nitrogen and oxygen atoms in total. The lowest BCUT2D eigenvalue weighted by Gasteiger charge is -2.46. The van der Waals surface area contributed by atoms with Crippen LogP contribution in [0.2, 0.25) is 0 Å². The first-order chi connectivity index (χ1) is 27.0. The normalized spacial score (nSPS) is 42.8. The fraction of sp³-hybridized carbons (Fsp3) is 0.881. The van der Waals surface area contributed by atoms with Crippen LogP contribution in [0.1, 0.15) is 114 Å². The van der Waals surface area contributed by atoms with Gasteiger partial charge in [-0.2, -0.15) is 0 Å². The lowest BCUT2D eigenvalue weighted by Crippen LogP contribution is -2.62. The van der Waals surface area contributed by atoms with Gasteiger partial charge in [0.25, 0.3) is 5.67 Å². The van der Waals surface area contributed by atoms with Gasteiger partial charge in [0.15, 0.2) is 17.7 Å². The van der Waals surface area contributed by atoms with Crippen molar-refractivity contribution in [2.24, 2.45) is 29.2 Å². The molecule has 1 amide bonds. The third-order valence-electron chi connectivity index (χ3n) is 13.1. The number of nitrogens with zero attached hydrogens (tertiary/aromatic N) is 1. The maximum absolute atomic E-state index is 17.0. The lowest BCUT2D eigenvalue weighted by atomic mass is 9.77. The van der Waals surface area contributed by atoms with E-state index in [1.807, 2.05) is 0 Å². The number of hydrogen-bond acceptors (Lipinski definition) is 13. The number of aliphatic hydroxyl groups excluding tert-OH is 1. The molecule has 334 valence electrons. The number of amides is 1. The number of carbonyl (C=O) groups excluding carboxylic acids is 3. The van der Waals surface area contributed by atoms with Crippen LogP contribution in [0.5, 0.6) is 0 Å². The minimum absolute atomic E-state index is 0.111. The summed E-state index contributed by atoms with van der Waals surface area (Å²) in [6, 6.07) is -2.13. The van der Waals surface area contributed by atoms with Crippen molar-refractivity contribution in [2.45, 2.75) is 185 Å². The number of unbranched alkanes of at least 4 members (excludes halogenated alkanes) is 1. The number of carbonyl (C=O) groups is 3. The summed E-state index contributed by atoms with van der Waals surface area (Å²) in [4.78, 5) is 43.3. The van der Waals surface area contributed by atoms with Gasteiger partial charge in [-0.3, -0.25) is 9.69 Å². The van der Waals surface area contributed by atoms with Crippen molar-refractivity contribution in [1.82, 2.24) is 15.5 Å². The van der Waals surface area contributed by atoms with Crippen molar-refractivity contribution >= 4 is 17.8 Å². The Morgan fingerprint density at radius 1 is 1.14 bits per heavy atom. The molecule has 3 saturated heterocycles. The molecule has 7 N–H and O–H groups in total. The highest BCUT2D eigenvalue weighted by atomic mass is 19.1. The summed E-state index contributed by atoms with van der Waals surface area (Å²) in [5, 5.41) is 17.8. The molecule has 0 saturated carbocycles. The number of alkyl halides is 2. The molecular weight excluding hydrogens is 756 g/mol. The first-order valence-electron chi connectivity index (χ1n) is 21.3. The first-order valence-corrected chi connectivity index (χ1v) is 21.3. The Morgan fingerprint density at radius 3 is 2.47 bits per heavy atom. The zero-order valence-electron chi connectivity index (χ0n) is 36.5. The van der Waals surface area contributed by atoms with E-state index in [0.29, 0.717) is 31.2 Å². The Balaban J connectivity index is 1.60. The zero-order chi connectivity index (χ0) is 43.4. The van der Waals surface area contributed by atoms with Gasteiger partial charge in [0, 0.05) is 50.3 Å². The summed E-state index contributed by atoms with van der Waals surface area (Å²) in [7, 11) is 1.32. The van der Waals surface area contributed by atoms with E-state index in [2.05, 4.69) is 23.6 Å². The molecule has 0 bridgehead atoms. The molecule has 4 rings (SSSR count). The minimum atomic E-state index is -3.22. The number of ether oxygens (including phenoxy) is 5. The molecule has 0 spiro atoms. The topological polar surface area (TPSA) is 197 Å². The Morgan fingerprint density at radius 2 is 1.83 bits per heavy atom. The summed E-state index contributed by atoms with van der Waals surface area (Å²) in [5.74, 6) is -3.25. The van der Waals surface area contributed by atoms with Crippen LogP contribution in [0.3, 0.4) is 0 Å². The highest BCUT2D eigenvalue weighted by molar-refractivity contribution is 6.07. The number of methoxy groups -OCH3 is 1. The van der Waals surface area contributed by atoms with Crippen LogP contribution in [0.15, 0.2) is 11.8 Å². The number of ketones is 1. The standard InChI is InChI=1S/C42H73F2N5O9/c1-11-31-42(9)33(49(38(53)58-42)18-13-12-17-47-21-24(2)28-15-14-16-29(45)20-28)27(5)48-23-39(6,43)22-40(7,54-10)35(26(4)34(51)41(8,44)37(52)56-31)57-36-32(50)30(46)19-25(3)55-36/h20,24-28,30-33,35-36,47-48,50H,11-19,21-23,45-46H2,1-10H3/t24?,25-,26+,27-,28?,30?,31-,32?,33-,35-,36+,39?,40-,41?,42-/m1/s1. The fourth-order valence-electron chi connectivity index (χ4n) is 9.65. The number of nitrogens with one attached hydrogen (secondary N) is 2. The summed E-state index contributed by atoms with van der Waals surface area (Å²) >= 11 is 0. The number of nitrogens with two attached hydrogens (primary N) is 2. The van der Waals surface area contributed by atoms with Crippen molar-refractivity contribution in [1.29, 1.82) is 0 Å². The minimum Gasteiger partial charge on any atom is -0.455 e. The molecule has 0 aromatic carbocycles. The number of Topliss-reactive ketones (excluding diaryl/α,β-unsaturated/α-hetero) is 1. The quantitative estimate of drug-likeness (QED) is 0.107. The fourth-order valence-corrected chi connectivity index (χ4v) is 9.65. The van der Waals surface area contributed by atoms with Gasteiger partial charge in [-0.05, 0) is 111 Å². The smallest absolute Gasteiger partial charge is 0.410 e. The maximum atomic E-state index is 17.0. The molecule has 58 heavy (non-hydrogen) atoms. The van der Waals surface area contributed by atoms with E-state index >= 15 is 8.78 Å². The number of halogens is 2. The second-order valence-electron chi connectivity index (χ2n) is 18.4. The predicted molar refractivity (Wildman–Crippen MR) is 215 cm³/mol. The number of aliphatic hydroxyl groups is 1. The molecule has 16 heteroatoms. The van der Waals surface area contributed by atoms with Gasteiger partial charge in [0.05, 0.1) is 23.9 Å². The van der Waals surface area contributed by atoms with E-state index in [1.165, 1.54) is 27.9 Å². The SMILES string of the molecule is CC[C@H]1OC(=O)C(C)(F)C(=O)[C@H](C)[C@@H](O[C@@H]2O[C@H](C)CC(N)C2O)[C@](C)(OC)CC(C)(F)CN[C@H](C)[C@H]2N(CCCCNCC(C)C3C=C(N)CCC3)C(=O)O[C@]12C. The van der Waals surface area contributed by atoms with E-state index in [9.17, 15) is 19.5 Å². The van der Waals surface area contributed by atoms with Gasteiger partial charge in [-0.25, -0.2) is 18.4 Å². The van der Waals surface area contributed by atoms with E-state index in [0.717, 1.165) is 51.4 Å². The van der Waals surface area contributed by atoms with Crippen LogP contribution in [0.4, 0.5) is 13.6 Å². The number of allylic oxidation sites excluding steroid dienone is 2. The summed E-state index contributed by atoms with van der Waals surface area (Å²) in [5.41, 5.74) is 4.80. The van der Waals surface area contributed by atoms with Gasteiger partial charge in [-0.15, -0.1) is 0 Å². The molecule has 4 aliphatic rings. The van der Waals surface area contributed by atoms with Crippen LogP contribution in [-0.2, 0) is 33.3 Å². The van der Waals surface area contributed by atoms with Crippen LogP contribution in [-0.4, -0.2) is 133 Å². The Hall–Kier alpha value is -2.47. The molecule has 3 aliphatic heterocycles. The first kappa shape index (κ1) is 48.2. The number of rotatable bonds is 12. The highest BCUT2D eigenvalue weighted by Crippen LogP contribution is 2.42. The molecule has 6 unspecified atom stereocenters. The number of cyclic esters (lactones) is 1. The Labute approximate surface area is 344 Å². The number of hydrogen-bond donors (Lipinski definition) is 5. The van der Waals surface area contributed by atoms with Gasteiger partial charge < -0.3 is 50.9 Å². The van der Waals surface area contributed by atoms with Crippen LogP contribution in [0, 0.1) is 17.8 Å². The predicted octanol–water partition coefficient (Wildman–Crippen LogP) is 4.19. The van der Waals surface area contributed by atoms with Crippen molar-refractivity contribution < 1.29 is 52.0 Å². The van der Waals surface area contributed by atoms with Crippen LogP contribution in [0.25, 0.3) is 0 Å². The monoisotopic (exact) mass is 830 g/mol. The molecule has 15 atom stereocenters. The van der Waals surface area contributed by atoms with E-state index in [1.54, 1.807) is 32.6 Å². The Kier molecular flexibility index (Phi) is 16.2. The second kappa shape index (κ2) is 19.5. The molecule has 3 heterocycles. The van der Waals surface area contributed by atoms with Gasteiger partial charge in [0.1, 0.15) is 17.9 Å². The van der Waals surface area contributed by atoms with Crippen molar-refractivity contribution in [3.05, 3.63) is 11.8 Å². The van der Waals surface area contributed by atoms with Gasteiger partial charge >= 0.3 is 12.1 Å².